The molecule has 1 aliphatic rings. The summed E-state index contributed by atoms with van der Waals surface area (Å²) in [6.07, 6.45) is 1.22. The van der Waals surface area contributed by atoms with Gasteiger partial charge in [-0.25, -0.2) is 4.31 Å². The Hall–Kier alpha value is -0.550. The van der Waals surface area contributed by atoms with Gasteiger partial charge in [-0.15, -0.1) is 0 Å². The molecule has 100 valence electrons. The van der Waals surface area contributed by atoms with E-state index >= 15 is 0 Å². The number of hydrogen-bond acceptors (Lipinski definition) is 4. The molecule has 2 N–H and O–H groups in total. The number of rotatable bonds is 4. The van der Waals surface area contributed by atoms with Gasteiger partial charge in [-0.3, -0.25) is 0 Å². The van der Waals surface area contributed by atoms with Crippen LogP contribution < -0.4 is 5.73 Å². The van der Waals surface area contributed by atoms with Crippen molar-refractivity contribution in [3.63, 3.8) is 0 Å². The highest BCUT2D eigenvalue weighted by Crippen LogP contribution is 2.25. The fourth-order valence-electron chi connectivity index (χ4n) is 2.15. The molecule has 2 atom stereocenters. The summed E-state index contributed by atoms with van der Waals surface area (Å²) in [6.45, 7) is 4.81. The quantitative estimate of drug-likeness (QED) is 0.850. The Labute approximate surface area is 114 Å². The topological polar surface area (TPSA) is 38.5 Å². The van der Waals surface area contributed by atoms with E-state index in [1.807, 2.05) is 30.1 Å². The van der Waals surface area contributed by atoms with Crippen molar-refractivity contribution in [3.05, 3.63) is 35.9 Å². The number of ether oxygens (including phenoxy) is 1. The van der Waals surface area contributed by atoms with Crippen LogP contribution in [0.5, 0.6) is 0 Å². The SMILES string of the molecule is CCCSN1CCOC(c2ccccc2)C(N)C1. The van der Waals surface area contributed by atoms with Gasteiger partial charge in [-0.2, -0.15) is 0 Å². The maximum absolute atomic E-state index is 6.29. The van der Waals surface area contributed by atoms with Gasteiger partial charge >= 0.3 is 0 Å². The minimum Gasteiger partial charge on any atom is -0.370 e. The predicted molar refractivity (Wildman–Crippen MR) is 77.4 cm³/mol. The van der Waals surface area contributed by atoms with Gasteiger partial charge in [0.25, 0.3) is 0 Å². The van der Waals surface area contributed by atoms with Crippen LogP contribution in [0, 0.1) is 0 Å². The second kappa shape index (κ2) is 7.14. The molecule has 1 fully saturated rings. The summed E-state index contributed by atoms with van der Waals surface area (Å²) in [5.74, 6) is 1.16. The van der Waals surface area contributed by atoms with Gasteiger partial charge in [0, 0.05) is 24.9 Å². The number of nitrogens with zero attached hydrogens (tertiary/aromatic N) is 1. The number of benzene rings is 1. The zero-order chi connectivity index (χ0) is 12.8. The van der Waals surface area contributed by atoms with Crippen molar-refractivity contribution in [1.29, 1.82) is 0 Å². The lowest BCUT2D eigenvalue weighted by atomic mass is 10.0. The summed E-state index contributed by atoms with van der Waals surface area (Å²) in [4.78, 5) is 0. The molecule has 0 aromatic heterocycles. The van der Waals surface area contributed by atoms with E-state index in [1.165, 1.54) is 12.0 Å². The summed E-state index contributed by atoms with van der Waals surface area (Å²) in [7, 11) is 0. The van der Waals surface area contributed by atoms with Crippen molar-refractivity contribution in [3.8, 4) is 0 Å². The van der Waals surface area contributed by atoms with Crippen LogP contribution in [0.15, 0.2) is 30.3 Å². The Kier molecular flexibility index (Phi) is 5.50. The maximum Gasteiger partial charge on any atom is 0.0989 e. The molecule has 2 unspecified atom stereocenters. The van der Waals surface area contributed by atoms with Crippen LogP contribution in [0.25, 0.3) is 0 Å². The van der Waals surface area contributed by atoms with Gasteiger partial charge in [0.2, 0.25) is 0 Å². The monoisotopic (exact) mass is 266 g/mol. The van der Waals surface area contributed by atoms with Crippen LogP contribution in [0.1, 0.15) is 25.0 Å². The summed E-state index contributed by atoms with van der Waals surface area (Å²) in [5, 5.41) is 0. The summed E-state index contributed by atoms with van der Waals surface area (Å²) < 4.78 is 8.28. The molecular formula is C14H22N2OS. The molecule has 4 heteroatoms. The average molecular weight is 266 g/mol. The molecule has 1 heterocycles. The molecule has 0 amide bonds. The summed E-state index contributed by atoms with van der Waals surface area (Å²) in [6, 6.07) is 10.3. The lowest BCUT2D eigenvalue weighted by Gasteiger charge is -2.24. The van der Waals surface area contributed by atoms with Gasteiger partial charge < -0.3 is 10.5 Å². The van der Waals surface area contributed by atoms with Gasteiger partial charge in [-0.05, 0) is 12.0 Å². The van der Waals surface area contributed by atoms with E-state index in [0.717, 1.165) is 25.4 Å². The Morgan fingerprint density at radius 3 is 2.89 bits per heavy atom. The van der Waals surface area contributed by atoms with Crippen LogP contribution in [0.4, 0.5) is 0 Å². The van der Waals surface area contributed by atoms with Crippen molar-refractivity contribution in [1.82, 2.24) is 4.31 Å². The maximum atomic E-state index is 6.29. The summed E-state index contributed by atoms with van der Waals surface area (Å²) >= 11 is 1.89. The third-order valence-corrected chi connectivity index (χ3v) is 4.34. The molecule has 1 aromatic rings. The van der Waals surface area contributed by atoms with Crippen LogP contribution in [0.2, 0.25) is 0 Å². The lowest BCUT2D eigenvalue weighted by molar-refractivity contribution is 0.0526. The smallest absolute Gasteiger partial charge is 0.0989 e. The van der Waals surface area contributed by atoms with E-state index < -0.39 is 0 Å². The van der Waals surface area contributed by atoms with E-state index in [-0.39, 0.29) is 12.1 Å². The summed E-state index contributed by atoms with van der Waals surface area (Å²) in [5.41, 5.74) is 7.48. The highest BCUT2D eigenvalue weighted by atomic mass is 32.2. The highest BCUT2D eigenvalue weighted by molar-refractivity contribution is 7.97. The standard InChI is InChI=1S/C14H22N2OS/c1-2-10-18-16-8-9-17-14(13(15)11-16)12-6-4-3-5-7-12/h3-7,13-14H,2,8-11,15H2,1H3. The van der Waals surface area contributed by atoms with Crippen LogP contribution >= 0.6 is 11.9 Å². The second-order valence-electron chi connectivity index (χ2n) is 4.59. The van der Waals surface area contributed by atoms with Gasteiger partial charge in [0.1, 0.15) is 0 Å². The zero-order valence-electron chi connectivity index (χ0n) is 10.9. The van der Waals surface area contributed by atoms with E-state index in [1.54, 1.807) is 0 Å². The normalized spacial score (nSPS) is 25.9. The zero-order valence-corrected chi connectivity index (χ0v) is 11.7. The largest absolute Gasteiger partial charge is 0.370 e. The first-order valence-corrected chi connectivity index (χ1v) is 7.55. The number of hydrogen-bond donors (Lipinski definition) is 1. The Morgan fingerprint density at radius 1 is 1.39 bits per heavy atom. The van der Waals surface area contributed by atoms with Crippen molar-refractivity contribution in [2.45, 2.75) is 25.5 Å². The Balaban J connectivity index is 1.98. The number of nitrogens with two attached hydrogens (primary N) is 1. The molecule has 0 saturated carbocycles. The lowest BCUT2D eigenvalue weighted by Crippen LogP contribution is -2.37. The Bertz CT molecular complexity index is 347. The Morgan fingerprint density at radius 2 is 2.17 bits per heavy atom. The van der Waals surface area contributed by atoms with Crippen LogP contribution in [0.3, 0.4) is 0 Å². The predicted octanol–water partition coefficient (Wildman–Crippen LogP) is 2.45. The first-order chi connectivity index (χ1) is 8.81. The molecule has 1 aliphatic heterocycles. The molecule has 18 heavy (non-hydrogen) atoms. The molecule has 0 aliphatic carbocycles. The molecule has 0 bridgehead atoms. The molecule has 0 spiro atoms. The fraction of sp³-hybridized carbons (Fsp3) is 0.571. The fourth-order valence-corrected chi connectivity index (χ4v) is 3.07. The first kappa shape index (κ1) is 13.9. The first-order valence-electron chi connectivity index (χ1n) is 6.61. The van der Waals surface area contributed by atoms with Crippen molar-refractivity contribution in [2.24, 2.45) is 5.73 Å². The van der Waals surface area contributed by atoms with Crippen molar-refractivity contribution < 1.29 is 4.74 Å². The van der Waals surface area contributed by atoms with Crippen LogP contribution in [-0.2, 0) is 4.74 Å². The minimum absolute atomic E-state index is 0.0263. The van der Waals surface area contributed by atoms with E-state index in [4.69, 9.17) is 10.5 Å². The van der Waals surface area contributed by atoms with Crippen molar-refractivity contribution >= 4 is 11.9 Å². The van der Waals surface area contributed by atoms with Crippen LogP contribution in [-0.4, -0.2) is 35.8 Å². The molecule has 0 radical (unpaired) electrons. The third kappa shape index (κ3) is 3.72. The highest BCUT2D eigenvalue weighted by Gasteiger charge is 2.26. The van der Waals surface area contributed by atoms with Gasteiger partial charge in [-0.1, -0.05) is 49.2 Å². The molecule has 1 aromatic carbocycles. The van der Waals surface area contributed by atoms with Gasteiger partial charge in [0.05, 0.1) is 12.7 Å². The van der Waals surface area contributed by atoms with E-state index in [0.29, 0.717) is 0 Å². The molecule has 1 saturated heterocycles. The van der Waals surface area contributed by atoms with E-state index in [9.17, 15) is 0 Å². The van der Waals surface area contributed by atoms with Gasteiger partial charge in [0.15, 0.2) is 0 Å². The second-order valence-corrected chi connectivity index (χ2v) is 5.77. The molecule has 2 rings (SSSR count). The average Bonchev–Trinajstić information content (AvgIpc) is 2.59. The molecule has 3 nitrogen and oxygen atoms in total. The minimum atomic E-state index is 0.0263. The van der Waals surface area contributed by atoms with Crippen molar-refractivity contribution in [2.75, 3.05) is 25.4 Å². The molecular weight excluding hydrogens is 244 g/mol. The van der Waals surface area contributed by atoms with E-state index in [2.05, 4.69) is 23.4 Å². The third-order valence-electron chi connectivity index (χ3n) is 3.05.